The zero-order valence-corrected chi connectivity index (χ0v) is 12.5. The minimum absolute atomic E-state index is 0.139. The molecule has 0 unspecified atom stereocenters. The quantitative estimate of drug-likeness (QED) is 0.866. The van der Waals surface area contributed by atoms with Crippen LogP contribution >= 0.6 is 0 Å². The van der Waals surface area contributed by atoms with E-state index in [2.05, 4.69) is 14.8 Å². The van der Waals surface area contributed by atoms with Gasteiger partial charge < -0.3 is 9.47 Å². The van der Waals surface area contributed by atoms with Crippen molar-refractivity contribution >= 4 is 5.69 Å². The molecule has 2 aromatic rings. The summed E-state index contributed by atoms with van der Waals surface area (Å²) in [5.74, 6) is 0.590. The van der Waals surface area contributed by atoms with Crippen LogP contribution in [-0.4, -0.2) is 40.6 Å². The molecule has 5 nitrogen and oxygen atoms in total. The molecule has 1 aromatic heterocycles. The van der Waals surface area contributed by atoms with Crippen LogP contribution in [0.1, 0.15) is 11.4 Å². The van der Waals surface area contributed by atoms with Gasteiger partial charge in [0.05, 0.1) is 12.2 Å². The van der Waals surface area contributed by atoms with Crippen molar-refractivity contribution in [2.75, 3.05) is 31.1 Å². The predicted octanol–water partition coefficient (Wildman–Crippen LogP) is 1.75. The number of nitrogens with zero attached hydrogens (tertiary/aromatic N) is 5. The lowest BCUT2D eigenvalue weighted by atomic mass is 10.1. The van der Waals surface area contributed by atoms with Gasteiger partial charge in [-0.1, -0.05) is 6.07 Å². The molecular formula is C16H18FN5. The van der Waals surface area contributed by atoms with E-state index in [-0.39, 0.29) is 5.56 Å². The lowest BCUT2D eigenvalue weighted by Crippen LogP contribution is -2.46. The Bertz CT molecular complexity index is 695. The van der Waals surface area contributed by atoms with Crippen LogP contribution in [0.2, 0.25) is 0 Å². The van der Waals surface area contributed by atoms with E-state index in [4.69, 9.17) is 5.26 Å². The molecule has 0 amide bonds. The molecule has 1 fully saturated rings. The fourth-order valence-electron chi connectivity index (χ4n) is 2.78. The van der Waals surface area contributed by atoms with E-state index in [0.717, 1.165) is 38.5 Å². The van der Waals surface area contributed by atoms with Crippen molar-refractivity contribution in [3.63, 3.8) is 0 Å². The first-order valence-corrected chi connectivity index (χ1v) is 7.31. The van der Waals surface area contributed by atoms with Crippen LogP contribution in [0.3, 0.4) is 0 Å². The zero-order chi connectivity index (χ0) is 15.5. The molecule has 0 radical (unpaired) electrons. The van der Waals surface area contributed by atoms with Gasteiger partial charge in [-0.3, -0.25) is 4.90 Å². The van der Waals surface area contributed by atoms with Crippen LogP contribution < -0.4 is 4.90 Å². The highest BCUT2D eigenvalue weighted by Crippen LogP contribution is 2.23. The topological polar surface area (TPSA) is 48.1 Å². The number of halogens is 1. The monoisotopic (exact) mass is 299 g/mol. The molecule has 0 aliphatic carbocycles. The first kappa shape index (κ1) is 14.5. The van der Waals surface area contributed by atoms with Gasteiger partial charge >= 0.3 is 0 Å². The van der Waals surface area contributed by atoms with E-state index in [0.29, 0.717) is 5.69 Å². The number of aromatic nitrogens is 2. The van der Waals surface area contributed by atoms with Gasteiger partial charge in [-0.15, -0.1) is 0 Å². The summed E-state index contributed by atoms with van der Waals surface area (Å²) in [6, 6.07) is 6.78. The Balaban J connectivity index is 1.66. The van der Waals surface area contributed by atoms with Crippen LogP contribution in [0, 0.1) is 17.1 Å². The fourth-order valence-corrected chi connectivity index (χ4v) is 2.78. The number of benzene rings is 1. The van der Waals surface area contributed by atoms with Crippen LogP contribution in [0.25, 0.3) is 0 Å². The number of aryl methyl sites for hydroxylation is 1. The van der Waals surface area contributed by atoms with Crippen molar-refractivity contribution in [1.29, 1.82) is 5.26 Å². The molecule has 1 aromatic carbocycles. The number of hydrogen-bond acceptors (Lipinski definition) is 4. The zero-order valence-electron chi connectivity index (χ0n) is 12.5. The van der Waals surface area contributed by atoms with Crippen LogP contribution in [-0.2, 0) is 13.6 Å². The van der Waals surface area contributed by atoms with Crippen molar-refractivity contribution in [3.05, 3.63) is 47.8 Å². The third-order valence-electron chi connectivity index (χ3n) is 4.10. The molecule has 3 rings (SSSR count). The molecule has 0 atom stereocenters. The highest BCUT2D eigenvalue weighted by atomic mass is 19.1. The van der Waals surface area contributed by atoms with Gasteiger partial charge in [0.2, 0.25) is 0 Å². The average Bonchev–Trinajstić information content (AvgIpc) is 2.93. The Labute approximate surface area is 129 Å². The van der Waals surface area contributed by atoms with E-state index in [1.807, 2.05) is 29.9 Å². The second kappa shape index (κ2) is 6.16. The minimum atomic E-state index is -0.449. The number of anilines is 1. The Morgan fingerprint density at radius 2 is 2.05 bits per heavy atom. The molecule has 1 aliphatic rings. The Morgan fingerprint density at radius 1 is 1.27 bits per heavy atom. The summed E-state index contributed by atoms with van der Waals surface area (Å²) >= 11 is 0. The molecule has 2 heterocycles. The molecule has 0 N–H and O–H groups in total. The van der Waals surface area contributed by atoms with Gasteiger partial charge in [0.15, 0.2) is 0 Å². The lowest BCUT2D eigenvalue weighted by Gasteiger charge is -2.36. The van der Waals surface area contributed by atoms with E-state index in [9.17, 15) is 4.39 Å². The highest BCUT2D eigenvalue weighted by molar-refractivity contribution is 5.60. The second-order valence-electron chi connectivity index (χ2n) is 5.46. The summed E-state index contributed by atoms with van der Waals surface area (Å²) in [5.41, 5.74) is 0.833. The average molecular weight is 299 g/mol. The molecule has 1 aliphatic heterocycles. The molecule has 1 saturated heterocycles. The predicted molar refractivity (Wildman–Crippen MR) is 81.8 cm³/mol. The van der Waals surface area contributed by atoms with Crippen LogP contribution in [0.4, 0.5) is 10.1 Å². The van der Waals surface area contributed by atoms with E-state index in [1.54, 1.807) is 12.3 Å². The largest absolute Gasteiger partial charge is 0.368 e. The number of piperazine rings is 1. The summed E-state index contributed by atoms with van der Waals surface area (Å²) in [4.78, 5) is 8.74. The van der Waals surface area contributed by atoms with Crippen molar-refractivity contribution in [1.82, 2.24) is 14.5 Å². The van der Waals surface area contributed by atoms with E-state index >= 15 is 0 Å². The number of imidazole rings is 1. The maximum absolute atomic E-state index is 13.7. The van der Waals surface area contributed by atoms with Crippen LogP contribution in [0.15, 0.2) is 30.6 Å². The third-order valence-corrected chi connectivity index (χ3v) is 4.10. The van der Waals surface area contributed by atoms with E-state index < -0.39 is 5.82 Å². The van der Waals surface area contributed by atoms with Gasteiger partial charge in [0, 0.05) is 45.6 Å². The Kier molecular flexibility index (Phi) is 4.07. The van der Waals surface area contributed by atoms with Crippen molar-refractivity contribution < 1.29 is 4.39 Å². The lowest BCUT2D eigenvalue weighted by molar-refractivity contribution is 0.241. The first-order chi connectivity index (χ1) is 10.7. The summed E-state index contributed by atoms with van der Waals surface area (Å²) in [5, 5.41) is 9.15. The normalized spacial score (nSPS) is 15.8. The summed E-state index contributed by atoms with van der Waals surface area (Å²) in [6.45, 7) is 4.11. The van der Waals surface area contributed by atoms with Crippen molar-refractivity contribution in [2.45, 2.75) is 6.54 Å². The first-order valence-electron chi connectivity index (χ1n) is 7.31. The number of hydrogen-bond donors (Lipinski definition) is 0. The van der Waals surface area contributed by atoms with Crippen molar-refractivity contribution in [2.24, 2.45) is 7.05 Å². The summed E-state index contributed by atoms with van der Waals surface area (Å²) < 4.78 is 15.7. The maximum Gasteiger partial charge on any atom is 0.143 e. The SMILES string of the molecule is Cn1ccnc1CN1CCN(c2cccc(F)c2C#N)CC1. The fraction of sp³-hybridized carbons (Fsp3) is 0.375. The second-order valence-corrected chi connectivity index (χ2v) is 5.46. The molecule has 6 heteroatoms. The Hall–Kier alpha value is -2.39. The third kappa shape index (κ3) is 2.81. The van der Waals surface area contributed by atoms with Gasteiger partial charge in [0.1, 0.15) is 23.3 Å². The molecule has 114 valence electrons. The molecule has 22 heavy (non-hydrogen) atoms. The molecule has 0 saturated carbocycles. The summed E-state index contributed by atoms with van der Waals surface area (Å²) in [7, 11) is 1.99. The molecule has 0 spiro atoms. The number of nitriles is 1. The van der Waals surface area contributed by atoms with Gasteiger partial charge in [-0.25, -0.2) is 9.37 Å². The van der Waals surface area contributed by atoms with Gasteiger partial charge in [-0.2, -0.15) is 5.26 Å². The minimum Gasteiger partial charge on any atom is -0.368 e. The number of rotatable bonds is 3. The molecule has 0 bridgehead atoms. The highest BCUT2D eigenvalue weighted by Gasteiger charge is 2.21. The maximum atomic E-state index is 13.7. The Morgan fingerprint density at radius 3 is 2.68 bits per heavy atom. The van der Waals surface area contributed by atoms with Gasteiger partial charge in [-0.05, 0) is 12.1 Å². The molecular weight excluding hydrogens is 281 g/mol. The van der Waals surface area contributed by atoms with E-state index in [1.165, 1.54) is 6.07 Å². The smallest absolute Gasteiger partial charge is 0.143 e. The van der Waals surface area contributed by atoms with Crippen molar-refractivity contribution in [3.8, 4) is 6.07 Å². The summed E-state index contributed by atoms with van der Waals surface area (Å²) in [6.07, 6.45) is 3.75. The standard InChI is InChI=1S/C16H18FN5/c1-20-6-5-19-16(20)12-21-7-9-22(10-8-21)15-4-2-3-14(17)13(15)11-18/h2-6H,7-10,12H2,1H3. The van der Waals surface area contributed by atoms with Gasteiger partial charge in [0.25, 0.3) is 0 Å². The van der Waals surface area contributed by atoms with Crippen LogP contribution in [0.5, 0.6) is 0 Å².